The Morgan fingerprint density at radius 1 is 1.33 bits per heavy atom. The van der Waals surface area contributed by atoms with Crippen LogP contribution in [0.15, 0.2) is 0 Å². The molecular formula is C13H28N2O2S. The Morgan fingerprint density at radius 3 is 2.56 bits per heavy atom. The van der Waals surface area contributed by atoms with Crippen LogP contribution >= 0.6 is 0 Å². The Bertz CT molecular complexity index is 352. The molecule has 0 radical (unpaired) electrons. The fraction of sp³-hybridized carbons (Fsp3) is 1.00. The van der Waals surface area contributed by atoms with E-state index in [-0.39, 0.29) is 5.75 Å². The van der Waals surface area contributed by atoms with Crippen molar-refractivity contribution in [2.75, 3.05) is 19.3 Å². The van der Waals surface area contributed by atoms with Gasteiger partial charge in [-0.1, -0.05) is 20.8 Å². The first-order valence-electron chi connectivity index (χ1n) is 6.90. The maximum Gasteiger partial charge on any atom is 0.211 e. The summed E-state index contributed by atoms with van der Waals surface area (Å²) in [4.78, 5) is 0. The molecule has 2 N–H and O–H groups in total. The number of hydrogen-bond acceptors (Lipinski definition) is 3. The standard InChI is InChI=1S/C13H28N2O2S/c1-11-10-13(2,3)7-6-12(11)15-8-5-9-18(16,17)14-4/h11-12,14-15H,5-10H2,1-4H3/t11-,12+/m0/s1. The third-order valence-electron chi connectivity index (χ3n) is 4.00. The van der Waals surface area contributed by atoms with Crippen LogP contribution < -0.4 is 10.0 Å². The molecule has 4 nitrogen and oxygen atoms in total. The SMILES string of the molecule is CNS(=O)(=O)CCCN[C@@H]1CCC(C)(C)C[C@@H]1C. The van der Waals surface area contributed by atoms with Gasteiger partial charge in [0.2, 0.25) is 10.0 Å². The molecule has 18 heavy (non-hydrogen) atoms. The Labute approximate surface area is 112 Å². The lowest BCUT2D eigenvalue weighted by Gasteiger charge is -2.39. The molecule has 1 saturated carbocycles. The van der Waals surface area contributed by atoms with Crippen LogP contribution in [0.2, 0.25) is 0 Å². The molecule has 0 heterocycles. The summed E-state index contributed by atoms with van der Waals surface area (Å²) in [7, 11) is -1.58. The van der Waals surface area contributed by atoms with Crippen molar-refractivity contribution in [3.05, 3.63) is 0 Å². The largest absolute Gasteiger partial charge is 0.314 e. The van der Waals surface area contributed by atoms with Crippen LogP contribution in [0.5, 0.6) is 0 Å². The van der Waals surface area contributed by atoms with Gasteiger partial charge in [0, 0.05) is 6.04 Å². The van der Waals surface area contributed by atoms with Crippen LogP contribution in [0.1, 0.15) is 46.5 Å². The summed E-state index contributed by atoms with van der Waals surface area (Å²) in [5.41, 5.74) is 0.465. The first-order chi connectivity index (χ1) is 8.26. The van der Waals surface area contributed by atoms with Crippen molar-refractivity contribution in [3.8, 4) is 0 Å². The van der Waals surface area contributed by atoms with E-state index in [4.69, 9.17) is 0 Å². The fourth-order valence-corrected chi connectivity index (χ4v) is 3.63. The van der Waals surface area contributed by atoms with Gasteiger partial charge in [-0.2, -0.15) is 0 Å². The summed E-state index contributed by atoms with van der Waals surface area (Å²) < 4.78 is 24.9. The second kappa shape index (κ2) is 6.35. The lowest BCUT2D eigenvalue weighted by atomic mass is 9.70. The summed E-state index contributed by atoms with van der Waals surface area (Å²) in [5, 5.41) is 3.51. The van der Waals surface area contributed by atoms with E-state index >= 15 is 0 Å². The Kier molecular flexibility index (Phi) is 5.62. The molecule has 0 aromatic rings. The van der Waals surface area contributed by atoms with E-state index in [0.717, 1.165) is 6.54 Å². The minimum absolute atomic E-state index is 0.211. The van der Waals surface area contributed by atoms with Gasteiger partial charge in [0.15, 0.2) is 0 Å². The Balaban J connectivity index is 2.25. The van der Waals surface area contributed by atoms with Crippen molar-refractivity contribution in [1.82, 2.24) is 10.0 Å². The molecule has 0 unspecified atom stereocenters. The first-order valence-corrected chi connectivity index (χ1v) is 8.55. The van der Waals surface area contributed by atoms with Gasteiger partial charge in [0.1, 0.15) is 0 Å². The van der Waals surface area contributed by atoms with Crippen LogP contribution in [-0.4, -0.2) is 33.8 Å². The second-order valence-corrected chi connectivity index (χ2v) is 8.37. The van der Waals surface area contributed by atoms with Crippen LogP contribution in [-0.2, 0) is 10.0 Å². The van der Waals surface area contributed by atoms with Gasteiger partial charge >= 0.3 is 0 Å². The minimum atomic E-state index is -3.04. The average molecular weight is 276 g/mol. The summed E-state index contributed by atoms with van der Waals surface area (Å²) in [5.74, 6) is 0.887. The predicted molar refractivity (Wildman–Crippen MR) is 76.1 cm³/mol. The number of rotatable bonds is 6. The zero-order chi connectivity index (χ0) is 13.8. The van der Waals surface area contributed by atoms with Gasteiger partial charge in [-0.05, 0) is 50.6 Å². The number of sulfonamides is 1. The molecule has 0 aromatic carbocycles. The highest BCUT2D eigenvalue weighted by molar-refractivity contribution is 7.89. The van der Waals surface area contributed by atoms with Crippen LogP contribution in [0.25, 0.3) is 0 Å². The van der Waals surface area contributed by atoms with Crippen molar-refractivity contribution < 1.29 is 8.42 Å². The molecule has 2 atom stereocenters. The molecule has 108 valence electrons. The number of nitrogens with one attached hydrogen (secondary N) is 2. The lowest BCUT2D eigenvalue weighted by Crippen LogP contribution is -2.42. The van der Waals surface area contributed by atoms with E-state index in [1.54, 1.807) is 0 Å². The van der Waals surface area contributed by atoms with Crippen molar-refractivity contribution in [3.63, 3.8) is 0 Å². The maximum absolute atomic E-state index is 11.3. The summed E-state index contributed by atoms with van der Waals surface area (Å²) >= 11 is 0. The molecule has 0 spiro atoms. The second-order valence-electron chi connectivity index (χ2n) is 6.32. The van der Waals surface area contributed by atoms with Crippen LogP contribution in [0.4, 0.5) is 0 Å². The molecule has 0 bridgehead atoms. The van der Waals surface area contributed by atoms with Gasteiger partial charge in [-0.3, -0.25) is 0 Å². The number of hydrogen-bond donors (Lipinski definition) is 2. The first kappa shape index (κ1) is 15.9. The van der Waals surface area contributed by atoms with E-state index in [0.29, 0.717) is 23.8 Å². The molecule has 0 saturated heterocycles. The maximum atomic E-state index is 11.3. The van der Waals surface area contributed by atoms with E-state index in [1.165, 1.54) is 26.3 Å². The van der Waals surface area contributed by atoms with Gasteiger partial charge in [-0.15, -0.1) is 0 Å². The Hall–Kier alpha value is -0.130. The van der Waals surface area contributed by atoms with Gasteiger partial charge in [0.25, 0.3) is 0 Å². The van der Waals surface area contributed by atoms with E-state index in [1.807, 2.05) is 0 Å². The Morgan fingerprint density at radius 2 is 2.00 bits per heavy atom. The van der Waals surface area contributed by atoms with Crippen LogP contribution in [0.3, 0.4) is 0 Å². The average Bonchev–Trinajstić information content (AvgIpc) is 2.26. The highest BCUT2D eigenvalue weighted by atomic mass is 32.2. The zero-order valence-electron chi connectivity index (χ0n) is 12.1. The zero-order valence-corrected chi connectivity index (χ0v) is 12.9. The molecule has 1 fully saturated rings. The van der Waals surface area contributed by atoms with Gasteiger partial charge in [-0.25, -0.2) is 13.1 Å². The van der Waals surface area contributed by atoms with Crippen molar-refractivity contribution >= 4 is 10.0 Å². The van der Waals surface area contributed by atoms with Gasteiger partial charge < -0.3 is 5.32 Å². The van der Waals surface area contributed by atoms with Gasteiger partial charge in [0.05, 0.1) is 5.75 Å². The smallest absolute Gasteiger partial charge is 0.211 e. The normalized spacial score (nSPS) is 28.2. The molecule has 0 amide bonds. The molecule has 1 aliphatic carbocycles. The van der Waals surface area contributed by atoms with E-state index < -0.39 is 10.0 Å². The molecular weight excluding hydrogens is 248 g/mol. The van der Waals surface area contributed by atoms with E-state index in [9.17, 15) is 8.42 Å². The molecule has 1 rings (SSSR count). The highest BCUT2D eigenvalue weighted by Gasteiger charge is 2.31. The third kappa shape index (κ3) is 5.24. The lowest BCUT2D eigenvalue weighted by molar-refractivity contribution is 0.149. The molecule has 5 heteroatoms. The third-order valence-corrected chi connectivity index (χ3v) is 5.45. The van der Waals surface area contributed by atoms with Crippen molar-refractivity contribution in [2.24, 2.45) is 11.3 Å². The summed E-state index contributed by atoms with van der Waals surface area (Å²) in [6.45, 7) is 7.75. The van der Waals surface area contributed by atoms with Crippen molar-refractivity contribution in [1.29, 1.82) is 0 Å². The monoisotopic (exact) mass is 276 g/mol. The van der Waals surface area contributed by atoms with E-state index in [2.05, 4.69) is 30.8 Å². The molecule has 0 aromatic heterocycles. The quantitative estimate of drug-likeness (QED) is 0.726. The summed E-state index contributed by atoms with van der Waals surface area (Å²) in [6, 6.07) is 0.551. The topological polar surface area (TPSA) is 58.2 Å². The predicted octanol–water partition coefficient (Wildman–Crippen LogP) is 1.73. The minimum Gasteiger partial charge on any atom is -0.314 e. The van der Waals surface area contributed by atoms with Crippen LogP contribution in [0, 0.1) is 11.3 Å². The summed E-state index contributed by atoms with van der Waals surface area (Å²) in [6.07, 6.45) is 4.38. The van der Waals surface area contributed by atoms with Crippen molar-refractivity contribution in [2.45, 2.75) is 52.5 Å². The highest BCUT2D eigenvalue weighted by Crippen LogP contribution is 2.38. The molecule has 1 aliphatic rings. The fourth-order valence-electron chi connectivity index (χ4n) is 2.90. The molecule has 0 aliphatic heterocycles.